The van der Waals surface area contributed by atoms with Crippen molar-refractivity contribution in [1.29, 1.82) is 5.26 Å². The number of nitrogens with zero attached hydrogens (tertiary/aromatic N) is 2. The van der Waals surface area contributed by atoms with Crippen LogP contribution in [0.15, 0.2) is 47.4 Å². The Hall–Kier alpha value is -3.42. The fraction of sp³-hybridized carbons (Fsp3) is 0.483. The van der Waals surface area contributed by atoms with Gasteiger partial charge in [-0.3, -0.25) is 4.79 Å². The highest BCUT2D eigenvalue weighted by molar-refractivity contribution is 7.89. The van der Waals surface area contributed by atoms with Gasteiger partial charge in [0.05, 0.1) is 11.0 Å². The smallest absolute Gasteiger partial charge is 0.408 e. The molecule has 39 heavy (non-hydrogen) atoms. The van der Waals surface area contributed by atoms with Gasteiger partial charge in [-0.1, -0.05) is 49.6 Å². The molecule has 9 nitrogen and oxygen atoms in total. The molecule has 2 aromatic rings. The first-order valence-electron chi connectivity index (χ1n) is 13.2. The van der Waals surface area contributed by atoms with E-state index in [1.807, 2.05) is 30.3 Å². The molecule has 1 fully saturated rings. The van der Waals surface area contributed by atoms with Crippen molar-refractivity contribution in [2.75, 3.05) is 7.05 Å². The Morgan fingerprint density at radius 3 is 2.33 bits per heavy atom. The molecule has 2 amide bonds. The molecule has 0 aromatic heterocycles. The Morgan fingerprint density at radius 2 is 1.72 bits per heavy atom. The van der Waals surface area contributed by atoms with Crippen LogP contribution in [0.3, 0.4) is 0 Å². The van der Waals surface area contributed by atoms with Crippen LogP contribution in [-0.2, 0) is 32.5 Å². The van der Waals surface area contributed by atoms with Gasteiger partial charge >= 0.3 is 6.09 Å². The van der Waals surface area contributed by atoms with E-state index in [0.29, 0.717) is 30.7 Å². The minimum Gasteiger partial charge on any atom is -0.444 e. The number of rotatable bonds is 6. The fourth-order valence-electron chi connectivity index (χ4n) is 5.18. The molecule has 0 saturated heterocycles. The largest absolute Gasteiger partial charge is 0.444 e. The predicted octanol–water partition coefficient (Wildman–Crippen LogP) is 4.27. The summed E-state index contributed by atoms with van der Waals surface area (Å²) >= 11 is 0. The number of sulfonamides is 1. The maximum absolute atomic E-state index is 13.4. The first-order valence-corrected chi connectivity index (χ1v) is 14.7. The van der Waals surface area contributed by atoms with Crippen LogP contribution in [-0.4, -0.2) is 49.0 Å². The quantitative estimate of drug-likeness (QED) is 0.551. The zero-order chi connectivity index (χ0) is 28.4. The van der Waals surface area contributed by atoms with E-state index >= 15 is 0 Å². The lowest BCUT2D eigenvalue weighted by Gasteiger charge is -2.37. The Kier molecular flexibility index (Phi) is 8.05. The van der Waals surface area contributed by atoms with Crippen molar-refractivity contribution in [3.05, 3.63) is 53.6 Å². The summed E-state index contributed by atoms with van der Waals surface area (Å²) < 4.78 is 31.4. The van der Waals surface area contributed by atoms with Gasteiger partial charge < -0.3 is 15.4 Å². The molecule has 0 spiro atoms. The number of hydrogen-bond acceptors (Lipinski definition) is 6. The molecular formula is C29H36N4O5S. The summed E-state index contributed by atoms with van der Waals surface area (Å²) in [5.74, 6) is -0.366. The minimum atomic E-state index is -3.41. The van der Waals surface area contributed by atoms with E-state index in [4.69, 9.17) is 4.74 Å². The van der Waals surface area contributed by atoms with Gasteiger partial charge in [-0.2, -0.15) is 9.57 Å². The van der Waals surface area contributed by atoms with Crippen LogP contribution < -0.4 is 10.6 Å². The van der Waals surface area contributed by atoms with Gasteiger partial charge in [0.25, 0.3) is 0 Å². The van der Waals surface area contributed by atoms with Gasteiger partial charge in [0, 0.05) is 20.0 Å². The summed E-state index contributed by atoms with van der Waals surface area (Å²) in [6.45, 7) is 5.65. The SMILES string of the molecule is CN1Cc2cc(-c3ccc(CC(C#N)NC(=O)C4(NC(=O)OC(C)(C)C)CCCCC4)cc3)ccc2S1(=O)=O. The van der Waals surface area contributed by atoms with Crippen LogP contribution in [0, 0.1) is 11.3 Å². The van der Waals surface area contributed by atoms with E-state index in [9.17, 15) is 23.3 Å². The molecule has 1 heterocycles. The average Bonchev–Trinajstić information content (AvgIpc) is 3.10. The van der Waals surface area contributed by atoms with Crippen molar-refractivity contribution in [2.45, 2.75) is 87.9 Å². The van der Waals surface area contributed by atoms with Crippen LogP contribution in [0.1, 0.15) is 64.0 Å². The van der Waals surface area contributed by atoms with E-state index in [1.165, 1.54) is 4.31 Å². The van der Waals surface area contributed by atoms with E-state index in [2.05, 4.69) is 16.7 Å². The lowest BCUT2D eigenvalue weighted by Crippen LogP contribution is -2.61. The number of fused-ring (bicyclic) bond motifs is 1. The number of alkyl carbamates (subject to hydrolysis) is 1. The molecule has 2 aromatic carbocycles. The van der Waals surface area contributed by atoms with Gasteiger partial charge in [-0.15, -0.1) is 0 Å². The fourth-order valence-corrected chi connectivity index (χ4v) is 6.52. The van der Waals surface area contributed by atoms with Gasteiger partial charge in [0.1, 0.15) is 17.2 Å². The molecule has 2 aliphatic rings. The highest BCUT2D eigenvalue weighted by Gasteiger charge is 2.42. The third-order valence-corrected chi connectivity index (χ3v) is 9.12. The van der Waals surface area contributed by atoms with Crippen LogP contribution in [0.25, 0.3) is 11.1 Å². The van der Waals surface area contributed by atoms with Crippen LogP contribution >= 0.6 is 0 Å². The third-order valence-electron chi connectivity index (χ3n) is 7.21. The Morgan fingerprint density at radius 1 is 1.08 bits per heavy atom. The van der Waals surface area contributed by atoms with Crippen molar-refractivity contribution in [3.63, 3.8) is 0 Å². The second-order valence-corrected chi connectivity index (χ2v) is 13.4. The van der Waals surface area contributed by atoms with Crippen molar-refractivity contribution in [3.8, 4) is 17.2 Å². The van der Waals surface area contributed by atoms with Crippen LogP contribution in [0.4, 0.5) is 4.79 Å². The Labute approximate surface area is 230 Å². The third kappa shape index (κ3) is 6.43. The summed E-state index contributed by atoms with van der Waals surface area (Å²) in [5.41, 5.74) is 1.67. The van der Waals surface area contributed by atoms with E-state index in [0.717, 1.165) is 41.5 Å². The Balaban J connectivity index is 1.44. The van der Waals surface area contributed by atoms with Crippen LogP contribution in [0.2, 0.25) is 0 Å². The zero-order valence-corrected chi connectivity index (χ0v) is 23.7. The summed E-state index contributed by atoms with van der Waals surface area (Å²) in [5, 5.41) is 15.5. The summed E-state index contributed by atoms with van der Waals surface area (Å²) in [6.07, 6.45) is 3.22. The standard InChI is InChI=1S/C29H36N4O5S/c1-28(2,3)38-27(35)32-29(14-6-5-7-15-29)26(34)31-24(18-30)16-20-8-10-21(11-9-20)22-12-13-25-23(17-22)19-33(4)39(25,36)37/h8-13,17,24H,5-7,14-16,19H2,1-4H3,(H,31,34)(H,32,35). The first kappa shape index (κ1) is 28.6. The lowest BCUT2D eigenvalue weighted by atomic mass is 9.80. The average molecular weight is 553 g/mol. The molecule has 10 heteroatoms. The molecule has 208 valence electrons. The van der Waals surface area contributed by atoms with Crippen LogP contribution in [0.5, 0.6) is 0 Å². The first-order chi connectivity index (χ1) is 18.3. The number of hydrogen-bond donors (Lipinski definition) is 2. The maximum Gasteiger partial charge on any atom is 0.408 e. The van der Waals surface area contributed by atoms with Gasteiger partial charge in [-0.05, 0) is 68.0 Å². The number of carbonyl (C=O) groups excluding carboxylic acids is 2. The van der Waals surface area contributed by atoms with Gasteiger partial charge in [0.2, 0.25) is 15.9 Å². The number of benzene rings is 2. The summed E-state index contributed by atoms with van der Waals surface area (Å²) in [6, 6.07) is 14.4. The minimum absolute atomic E-state index is 0.304. The number of carbonyl (C=O) groups is 2. The van der Waals surface area contributed by atoms with E-state index in [1.54, 1.807) is 40.0 Å². The van der Waals surface area contributed by atoms with Gasteiger partial charge in [-0.25, -0.2) is 13.2 Å². The molecule has 0 bridgehead atoms. The van der Waals surface area contributed by atoms with Crippen molar-refractivity contribution in [2.24, 2.45) is 0 Å². The van der Waals surface area contributed by atoms with E-state index < -0.39 is 33.3 Å². The zero-order valence-electron chi connectivity index (χ0n) is 22.9. The lowest BCUT2D eigenvalue weighted by molar-refractivity contribution is -0.129. The molecular weight excluding hydrogens is 516 g/mol. The van der Waals surface area contributed by atoms with E-state index in [-0.39, 0.29) is 5.91 Å². The van der Waals surface area contributed by atoms with Gasteiger partial charge in [0.15, 0.2) is 0 Å². The molecule has 1 saturated carbocycles. The predicted molar refractivity (Wildman–Crippen MR) is 147 cm³/mol. The molecule has 4 rings (SSSR count). The number of ether oxygens (including phenoxy) is 1. The highest BCUT2D eigenvalue weighted by atomic mass is 32.2. The normalized spacial score (nSPS) is 18.8. The summed E-state index contributed by atoms with van der Waals surface area (Å²) in [4.78, 5) is 26.3. The maximum atomic E-state index is 13.4. The van der Waals surface area contributed by atoms with Crippen molar-refractivity contribution < 1.29 is 22.7 Å². The van der Waals surface area contributed by atoms with Crippen molar-refractivity contribution >= 4 is 22.0 Å². The number of nitriles is 1. The summed E-state index contributed by atoms with van der Waals surface area (Å²) in [7, 11) is -1.84. The second kappa shape index (κ2) is 11.0. The number of nitrogens with one attached hydrogen (secondary N) is 2. The molecule has 1 aliphatic carbocycles. The molecule has 1 aliphatic heterocycles. The second-order valence-electron chi connectivity index (χ2n) is 11.4. The Bertz CT molecular complexity index is 1380. The monoisotopic (exact) mass is 552 g/mol. The molecule has 1 atom stereocenters. The molecule has 1 unspecified atom stereocenters. The topological polar surface area (TPSA) is 129 Å². The molecule has 2 N–H and O–H groups in total. The highest BCUT2D eigenvalue weighted by Crippen LogP contribution is 2.33. The number of amides is 2. The van der Waals surface area contributed by atoms with Crippen molar-refractivity contribution in [1.82, 2.24) is 14.9 Å². The molecule has 0 radical (unpaired) electrons.